The molecule has 5 nitrogen and oxygen atoms in total. The molecule has 5 heteroatoms. The van der Waals surface area contributed by atoms with Crippen LogP contribution in [0.4, 0.5) is 0 Å². The third-order valence-electron chi connectivity index (χ3n) is 3.78. The number of piperazine rings is 1. The average molecular weight is 298 g/mol. The highest BCUT2D eigenvalue weighted by molar-refractivity contribution is 5.96. The molecule has 1 N–H and O–H groups in total. The highest BCUT2D eigenvalue weighted by Crippen LogP contribution is 2.16. The Balaban J connectivity index is 2.45. The lowest BCUT2D eigenvalue weighted by Crippen LogP contribution is -2.62. The maximum Gasteiger partial charge on any atom is 0.245 e. The van der Waals surface area contributed by atoms with Gasteiger partial charge in [-0.1, -0.05) is 27.2 Å². The zero-order valence-electron chi connectivity index (χ0n) is 13.9. The summed E-state index contributed by atoms with van der Waals surface area (Å²) in [5, 5.41) is 2.83. The highest BCUT2D eigenvalue weighted by atomic mass is 16.5. The number of nitrogens with one attached hydrogen (secondary N) is 1. The third-order valence-corrected chi connectivity index (χ3v) is 3.78. The SMILES string of the molecule is CCCCOCCCN1C(=O)C(CC(C)C)NC(=O)C1C. The highest BCUT2D eigenvalue weighted by Gasteiger charge is 2.37. The maximum absolute atomic E-state index is 12.5. The Hall–Kier alpha value is -1.10. The summed E-state index contributed by atoms with van der Waals surface area (Å²) in [5.41, 5.74) is 0. The Labute approximate surface area is 128 Å². The molecule has 2 atom stereocenters. The second-order valence-corrected chi connectivity index (χ2v) is 6.22. The molecule has 1 aliphatic heterocycles. The number of ether oxygens (including phenoxy) is 1. The minimum atomic E-state index is -0.378. The lowest BCUT2D eigenvalue weighted by atomic mass is 9.99. The average Bonchev–Trinajstić information content (AvgIpc) is 2.42. The predicted octanol–water partition coefficient (Wildman–Crippen LogP) is 1.95. The van der Waals surface area contributed by atoms with Gasteiger partial charge in [0, 0.05) is 19.8 Å². The lowest BCUT2D eigenvalue weighted by Gasteiger charge is -2.38. The molecular formula is C16H30N2O3. The number of hydrogen-bond acceptors (Lipinski definition) is 3. The Kier molecular flexibility index (Phi) is 7.72. The molecule has 0 bridgehead atoms. The summed E-state index contributed by atoms with van der Waals surface area (Å²) in [5.74, 6) is 0.378. The largest absolute Gasteiger partial charge is 0.381 e. The van der Waals surface area contributed by atoms with Crippen molar-refractivity contribution in [2.24, 2.45) is 5.92 Å². The molecule has 0 aliphatic carbocycles. The standard InChI is InChI=1S/C16H30N2O3/c1-5-6-9-21-10-7-8-18-13(4)15(19)17-14(16(18)20)11-12(2)3/h12-14H,5-11H2,1-4H3,(H,17,19). The summed E-state index contributed by atoms with van der Waals surface area (Å²) in [6, 6.07) is -0.744. The van der Waals surface area contributed by atoms with Crippen molar-refractivity contribution in [1.29, 1.82) is 0 Å². The van der Waals surface area contributed by atoms with Gasteiger partial charge < -0.3 is 15.0 Å². The van der Waals surface area contributed by atoms with Gasteiger partial charge in [0.15, 0.2) is 0 Å². The summed E-state index contributed by atoms with van der Waals surface area (Å²) < 4.78 is 5.52. The van der Waals surface area contributed by atoms with Gasteiger partial charge in [-0.2, -0.15) is 0 Å². The molecule has 1 rings (SSSR count). The second-order valence-electron chi connectivity index (χ2n) is 6.22. The van der Waals surface area contributed by atoms with Crippen LogP contribution >= 0.6 is 0 Å². The lowest BCUT2D eigenvalue weighted by molar-refractivity contribution is -0.149. The Bertz CT molecular complexity index is 344. The van der Waals surface area contributed by atoms with Crippen LogP contribution in [0, 0.1) is 5.92 Å². The van der Waals surface area contributed by atoms with Crippen molar-refractivity contribution < 1.29 is 14.3 Å². The van der Waals surface area contributed by atoms with E-state index in [1.165, 1.54) is 0 Å². The van der Waals surface area contributed by atoms with Gasteiger partial charge in [0.2, 0.25) is 11.8 Å². The van der Waals surface area contributed by atoms with E-state index in [9.17, 15) is 9.59 Å². The van der Waals surface area contributed by atoms with E-state index in [4.69, 9.17) is 4.74 Å². The number of rotatable bonds is 9. The smallest absolute Gasteiger partial charge is 0.245 e. The van der Waals surface area contributed by atoms with Gasteiger partial charge >= 0.3 is 0 Å². The predicted molar refractivity (Wildman–Crippen MR) is 82.9 cm³/mol. The van der Waals surface area contributed by atoms with Gasteiger partial charge in [-0.25, -0.2) is 0 Å². The Morgan fingerprint density at radius 1 is 1.24 bits per heavy atom. The van der Waals surface area contributed by atoms with Crippen LogP contribution < -0.4 is 5.32 Å². The van der Waals surface area contributed by atoms with Crippen molar-refractivity contribution in [3.05, 3.63) is 0 Å². The zero-order valence-corrected chi connectivity index (χ0v) is 13.9. The van der Waals surface area contributed by atoms with Crippen LogP contribution in [0.25, 0.3) is 0 Å². The molecule has 0 aromatic carbocycles. The second kappa shape index (κ2) is 9.03. The van der Waals surface area contributed by atoms with E-state index in [-0.39, 0.29) is 23.9 Å². The number of unbranched alkanes of at least 4 members (excludes halogenated alkanes) is 1. The fourth-order valence-corrected chi connectivity index (χ4v) is 2.51. The summed E-state index contributed by atoms with van der Waals surface area (Å²) in [4.78, 5) is 26.1. The van der Waals surface area contributed by atoms with Crippen molar-refractivity contribution in [3.8, 4) is 0 Å². The molecular weight excluding hydrogens is 268 g/mol. The summed E-state index contributed by atoms with van der Waals surface area (Å²) >= 11 is 0. The van der Waals surface area contributed by atoms with Gasteiger partial charge in [-0.15, -0.1) is 0 Å². The first kappa shape index (κ1) is 18.0. The number of carbonyl (C=O) groups is 2. The van der Waals surface area contributed by atoms with Crippen LogP contribution in [-0.2, 0) is 14.3 Å². The van der Waals surface area contributed by atoms with Crippen LogP contribution in [-0.4, -0.2) is 48.6 Å². The van der Waals surface area contributed by atoms with E-state index in [2.05, 4.69) is 26.1 Å². The first-order chi connectivity index (χ1) is 9.97. The number of amides is 2. The van der Waals surface area contributed by atoms with Crippen LogP contribution in [0.15, 0.2) is 0 Å². The van der Waals surface area contributed by atoms with Crippen LogP contribution in [0.5, 0.6) is 0 Å². The molecule has 0 aromatic heterocycles. The molecule has 0 radical (unpaired) electrons. The van der Waals surface area contributed by atoms with Crippen LogP contribution in [0.3, 0.4) is 0 Å². The zero-order chi connectivity index (χ0) is 15.8. The van der Waals surface area contributed by atoms with Crippen molar-refractivity contribution in [2.75, 3.05) is 19.8 Å². The van der Waals surface area contributed by atoms with E-state index in [1.807, 2.05) is 0 Å². The van der Waals surface area contributed by atoms with Crippen molar-refractivity contribution >= 4 is 11.8 Å². The monoisotopic (exact) mass is 298 g/mol. The molecule has 0 spiro atoms. The molecule has 1 heterocycles. The fraction of sp³-hybridized carbons (Fsp3) is 0.875. The summed E-state index contributed by atoms with van der Waals surface area (Å²) in [6.07, 6.45) is 3.67. The summed E-state index contributed by atoms with van der Waals surface area (Å²) in [6.45, 7) is 10.0. The molecule has 1 aliphatic rings. The normalized spacial score (nSPS) is 22.8. The first-order valence-electron chi connectivity index (χ1n) is 8.16. The van der Waals surface area contributed by atoms with Gasteiger partial charge in [0.05, 0.1) is 0 Å². The van der Waals surface area contributed by atoms with Crippen molar-refractivity contribution in [1.82, 2.24) is 10.2 Å². The fourth-order valence-electron chi connectivity index (χ4n) is 2.51. The van der Waals surface area contributed by atoms with E-state index in [0.717, 1.165) is 25.9 Å². The molecule has 2 unspecified atom stereocenters. The molecule has 0 saturated carbocycles. The summed E-state index contributed by atoms with van der Waals surface area (Å²) in [7, 11) is 0. The van der Waals surface area contributed by atoms with Gasteiger partial charge in [0.1, 0.15) is 12.1 Å². The van der Waals surface area contributed by atoms with Gasteiger partial charge in [-0.05, 0) is 32.1 Å². The first-order valence-corrected chi connectivity index (χ1v) is 8.16. The van der Waals surface area contributed by atoms with E-state index in [0.29, 0.717) is 25.5 Å². The number of hydrogen-bond donors (Lipinski definition) is 1. The number of nitrogens with zero attached hydrogens (tertiary/aromatic N) is 1. The molecule has 122 valence electrons. The molecule has 1 fully saturated rings. The molecule has 2 amide bonds. The number of carbonyl (C=O) groups excluding carboxylic acids is 2. The minimum Gasteiger partial charge on any atom is -0.381 e. The van der Waals surface area contributed by atoms with E-state index < -0.39 is 0 Å². The maximum atomic E-state index is 12.5. The van der Waals surface area contributed by atoms with Crippen molar-refractivity contribution in [2.45, 2.75) is 65.5 Å². The molecule has 21 heavy (non-hydrogen) atoms. The van der Waals surface area contributed by atoms with E-state index >= 15 is 0 Å². The van der Waals surface area contributed by atoms with Gasteiger partial charge in [-0.3, -0.25) is 9.59 Å². The van der Waals surface area contributed by atoms with Gasteiger partial charge in [0.25, 0.3) is 0 Å². The van der Waals surface area contributed by atoms with E-state index in [1.54, 1.807) is 11.8 Å². The third kappa shape index (κ3) is 5.65. The Morgan fingerprint density at radius 2 is 1.90 bits per heavy atom. The minimum absolute atomic E-state index is 0.0457. The van der Waals surface area contributed by atoms with Crippen LogP contribution in [0.2, 0.25) is 0 Å². The van der Waals surface area contributed by atoms with Crippen LogP contribution in [0.1, 0.15) is 53.4 Å². The molecule has 1 saturated heterocycles. The quantitative estimate of drug-likeness (QED) is 0.662. The molecule has 0 aromatic rings. The Morgan fingerprint density at radius 3 is 2.52 bits per heavy atom. The van der Waals surface area contributed by atoms with Crippen molar-refractivity contribution in [3.63, 3.8) is 0 Å². The topological polar surface area (TPSA) is 58.6 Å².